The average Bonchev–Trinajstić information content (AvgIpc) is 2.58. The highest BCUT2D eigenvalue weighted by atomic mass is 32.2. The van der Waals surface area contributed by atoms with Gasteiger partial charge in [0.15, 0.2) is 11.6 Å². The molecule has 2 rings (SSSR count). The lowest BCUT2D eigenvalue weighted by Gasteiger charge is -2.10. The lowest BCUT2D eigenvalue weighted by molar-refractivity contribution is 0.0448. The van der Waals surface area contributed by atoms with Crippen molar-refractivity contribution in [3.63, 3.8) is 0 Å². The molecule has 0 atom stereocenters. The minimum atomic E-state index is -4.07. The van der Waals surface area contributed by atoms with E-state index >= 15 is 0 Å². The smallest absolute Gasteiger partial charge is 0.338 e. The van der Waals surface area contributed by atoms with Crippen molar-refractivity contribution >= 4 is 16.0 Å². The van der Waals surface area contributed by atoms with Gasteiger partial charge in [0.2, 0.25) is 10.0 Å². The predicted octanol–water partition coefficient (Wildman–Crippen LogP) is 1.72. The third kappa shape index (κ3) is 4.91. The van der Waals surface area contributed by atoms with Gasteiger partial charge in [0.1, 0.15) is 23.9 Å². The fourth-order valence-electron chi connectivity index (χ4n) is 1.96. The molecule has 0 aliphatic heterocycles. The number of methoxy groups -OCH3 is 1. The Hall–Kier alpha value is -2.65. The van der Waals surface area contributed by atoms with Crippen LogP contribution in [-0.4, -0.2) is 34.7 Å². The van der Waals surface area contributed by atoms with Crippen LogP contribution < -0.4 is 14.6 Å². The van der Waals surface area contributed by atoms with Gasteiger partial charge >= 0.3 is 5.97 Å². The number of carbonyl (C=O) groups excluding carboxylic acids is 1. The number of sulfonamides is 1. The zero-order chi connectivity index (χ0) is 18.4. The summed E-state index contributed by atoms with van der Waals surface area (Å²) in [6.07, 6.45) is 0. The SMILES string of the molecule is COc1ccc(C(=O)OCCOc2ccccc2F)cc1S(N)(=O)=O. The lowest BCUT2D eigenvalue weighted by Crippen LogP contribution is -2.16. The summed E-state index contributed by atoms with van der Waals surface area (Å²) in [5, 5.41) is 5.09. The first-order valence-electron chi connectivity index (χ1n) is 7.08. The van der Waals surface area contributed by atoms with E-state index in [-0.39, 0.29) is 35.2 Å². The van der Waals surface area contributed by atoms with Gasteiger partial charge in [-0.3, -0.25) is 0 Å². The molecule has 0 heterocycles. The summed E-state index contributed by atoms with van der Waals surface area (Å²) in [7, 11) is -2.79. The summed E-state index contributed by atoms with van der Waals surface area (Å²) in [5.74, 6) is -1.24. The average molecular weight is 369 g/mol. The Morgan fingerprint density at radius 1 is 1.12 bits per heavy atom. The fourth-order valence-corrected chi connectivity index (χ4v) is 2.68. The molecule has 0 aromatic heterocycles. The Morgan fingerprint density at radius 3 is 2.48 bits per heavy atom. The molecule has 0 amide bonds. The molecule has 0 aliphatic rings. The van der Waals surface area contributed by atoms with Gasteiger partial charge in [-0.15, -0.1) is 0 Å². The monoisotopic (exact) mass is 369 g/mol. The number of nitrogens with two attached hydrogens (primary N) is 1. The Kier molecular flexibility index (Phi) is 5.94. The highest BCUT2D eigenvalue weighted by molar-refractivity contribution is 7.89. The van der Waals surface area contributed by atoms with Gasteiger partial charge in [-0.05, 0) is 30.3 Å². The van der Waals surface area contributed by atoms with Gasteiger partial charge in [0.05, 0.1) is 12.7 Å². The molecule has 2 aromatic carbocycles. The summed E-state index contributed by atoms with van der Waals surface area (Å²) in [4.78, 5) is 11.6. The Bertz CT molecular complexity index is 869. The molecular formula is C16H16FNO6S. The first kappa shape index (κ1) is 18.7. The van der Waals surface area contributed by atoms with E-state index in [0.29, 0.717) is 0 Å². The highest BCUT2D eigenvalue weighted by Gasteiger charge is 2.18. The molecule has 0 aliphatic carbocycles. The van der Waals surface area contributed by atoms with Crippen LogP contribution in [0.1, 0.15) is 10.4 Å². The number of hydrogen-bond acceptors (Lipinski definition) is 6. The number of ether oxygens (including phenoxy) is 3. The second-order valence-electron chi connectivity index (χ2n) is 4.83. The third-order valence-corrected chi connectivity index (χ3v) is 4.05. The van der Waals surface area contributed by atoms with Crippen molar-refractivity contribution in [2.75, 3.05) is 20.3 Å². The zero-order valence-corrected chi connectivity index (χ0v) is 14.1. The molecule has 0 radical (unpaired) electrons. The summed E-state index contributed by atoms with van der Waals surface area (Å²) >= 11 is 0. The van der Waals surface area contributed by atoms with Crippen molar-refractivity contribution in [1.29, 1.82) is 0 Å². The van der Waals surface area contributed by atoms with Gasteiger partial charge in [-0.1, -0.05) is 12.1 Å². The first-order chi connectivity index (χ1) is 11.8. The van der Waals surface area contributed by atoms with Crippen LogP contribution in [0.3, 0.4) is 0 Å². The van der Waals surface area contributed by atoms with Crippen molar-refractivity contribution < 1.29 is 31.8 Å². The fraction of sp³-hybridized carbons (Fsp3) is 0.188. The maximum atomic E-state index is 13.4. The van der Waals surface area contributed by atoms with E-state index in [2.05, 4.69) is 0 Å². The largest absolute Gasteiger partial charge is 0.495 e. The van der Waals surface area contributed by atoms with Gasteiger partial charge < -0.3 is 14.2 Å². The number of halogens is 1. The van der Waals surface area contributed by atoms with Gasteiger partial charge in [-0.2, -0.15) is 0 Å². The summed E-state index contributed by atoms with van der Waals surface area (Å²) in [6.45, 7) is -0.214. The number of carbonyl (C=O) groups is 1. The van der Waals surface area contributed by atoms with Crippen LogP contribution in [0.15, 0.2) is 47.4 Å². The topological polar surface area (TPSA) is 105 Å². The van der Waals surface area contributed by atoms with Crippen molar-refractivity contribution in [3.8, 4) is 11.5 Å². The minimum Gasteiger partial charge on any atom is -0.495 e. The maximum absolute atomic E-state index is 13.4. The molecule has 0 bridgehead atoms. The number of para-hydroxylation sites is 1. The highest BCUT2D eigenvalue weighted by Crippen LogP contribution is 2.24. The number of hydrogen-bond donors (Lipinski definition) is 1. The second kappa shape index (κ2) is 7.95. The van der Waals surface area contributed by atoms with E-state index < -0.39 is 21.8 Å². The van der Waals surface area contributed by atoms with Gasteiger partial charge in [0, 0.05) is 0 Å². The molecule has 25 heavy (non-hydrogen) atoms. The first-order valence-corrected chi connectivity index (χ1v) is 8.63. The molecule has 0 spiro atoms. The molecule has 0 fully saturated rings. The van der Waals surface area contributed by atoms with Gasteiger partial charge in [0.25, 0.3) is 0 Å². The standard InChI is InChI=1S/C16H16FNO6S/c1-22-14-7-6-11(10-15(14)25(18,20)21)16(19)24-9-8-23-13-5-3-2-4-12(13)17/h2-7,10H,8-9H2,1H3,(H2,18,20,21). The van der Waals surface area contributed by atoms with Crippen molar-refractivity contribution in [2.24, 2.45) is 5.14 Å². The van der Waals surface area contributed by atoms with Crippen LogP contribution in [-0.2, 0) is 14.8 Å². The number of benzene rings is 2. The molecular weight excluding hydrogens is 353 g/mol. The van der Waals surface area contributed by atoms with Crippen molar-refractivity contribution in [2.45, 2.75) is 4.90 Å². The third-order valence-electron chi connectivity index (χ3n) is 3.12. The molecule has 134 valence electrons. The van der Waals surface area contributed by atoms with Crippen LogP contribution in [0.4, 0.5) is 4.39 Å². The number of primary sulfonamides is 1. The van der Waals surface area contributed by atoms with Crippen LogP contribution >= 0.6 is 0 Å². The second-order valence-corrected chi connectivity index (χ2v) is 6.36. The van der Waals surface area contributed by atoms with E-state index in [1.807, 2.05) is 0 Å². The van der Waals surface area contributed by atoms with E-state index in [0.717, 1.165) is 6.07 Å². The van der Waals surface area contributed by atoms with E-state index in [1.165, 1.54) is 37.4 Å². The van der Waals surface area contributed by atoms with Gasteiger partial charge in [-0.25, -0.2) is 22.7 Å². The zero-order valence-electron chi connectivity index (χ0n) is 13.3. The lowest BCUT2D eigenvalue weighted by atomic mass is 10.2. The molecule has 0 unspecified atom stereocenters. The normalized spacial score (nSPS) is 11.0. The minimum absolute atomic E-state index is 0.0157. The Balaban J connectivity index is 1.98. The Morgan fingerprint density at radius 2 is 1.84 bits per heavy atom. The van der Waals surface area contributed by atoms with E-state index in [9.17, 15) is 17.6 Å². The summed E-state index contributed by atoms with van der Waals surface area (Å²) in [6, 6.07) is 9.52. The predicted molar refractivity (Wildman–Crippen MR) is 86.5 cm³/mol. The van der Waals surface area contributed by atoms with Crippen LogP contribution in [0.5, 0.6) is 11.5 Å². The summed E-state index contributed by atoms with van der Waals surface area (Å²) in [5.41, 5.74) is -0.0179. The van der Waals surface area contributed by atoms with E-state index in [1.54, 1.807) is 6.07 Å². The number of esters is 1. The maximum Gasteiger partial charge on any atom is 0.338 e. The number of rotatable bonds is 7. The molecule has 2 N–H and O–H groups in total. The Labute approximate surface area is 144 Å². The molecule has 7 nitrogen and oxygen atoms in total. The quantitative estimate of drug-likeness (QED) is 0.588. The van der Waals surface area contributed by atoms with Crippen LogP contribution in [0.2, 0.25) is 0 Å². The molecule has 0 saturated heterocycles. The van der Waals surface area contributed by atoms with Crippen LogP contribution in [0.25, 0.3) is 0 Å². The van der Waals surface area contributed by atoms with Crippen molar-refractivity contribution in [3.05, 3.63) is 53.8 Å². The van der Waals surface area contributed by atoms with E-state index in [4.69, 9.17) is 19.3 Å². The summed E-state index contributed by atoms with van der Waals surface area (Å²) < 4.78 is 51.4. The molecule has 2 aromatic rings. The molecule has 0 saturated carbocycles. The van der Waals surface area contributed by atoms with Crippen LogP contribution in [0, 0.1) is 5.82 Å². The van der Waals surface area contributed by atoms with Crippen molar-refractivity contribution in [1.82, 2.24) is 0 Å². The molecule has 9 heteroatoms.